The molecule has 0 aromatic carbocycles. The standard InChI is InChI=1S/C3H4N2O3/c6-2-5-3(7)8-1-4-5/h1,6H,2H2. The van der Waals surface area contributed by atoms with Crippen LogP contribution in [0.25, 0.3) is 0 Å². The molecule has 0 aliphatic rings. The van der Waals surface area contributed by atoms with Gasteiger partial charge in [0.1, 0.15) is 6.73 Å². The van der Waals surface area contributed by atoms with Gasteiger partial charge < -0.3 is 9.52 Å². The van der Waals surface area contributed by atoms with Gasteiger partial charge in [-0.25, -0.2) is 4.79 Å². The molecule has 0 amide bonds. The van der Waals surface area contributed by atoms with Crippen LogP contribution in [-0.4, -0.2) is 14.9 Å². The summed E-state index contributed by atoms with van der Waals surface area (Å²) < 4.78 is 4.98. The largest absolute Gasteiger partial charge is 0.439 e. The molecule has 5 heteroatoms. The molecule has 0 unspecified atom stereocenters. The minimum absolute atomic E-state index is 0.435. The summed E-state index contributed by atoms with van der Waals surface area (Å²) in [5.74, 6) is -0.646. The molecule has 1 rings (SSSR count). The lowest BCUT2D eigenvalue weighted by molar-refractivity contribution is 0.186. The van der Waals surface area contributed by atoms with Crippen molar-refractivity contribution in [3.63, 3.8) is 0 Å². The van der Waals surface area contributed by atoms with Crippen LogP contribution in [0.3, 0.4) is 0 Å². The predicted molar refractivity (Wildman–Crippen MR) is 23.0 cm³/mol. The zero-order valence-electron chi connectivity index (χ0n) is 3.94. The molecule has 0 fully saturated rings. The van der Waals surface area contributed by atoms with E-state index in [1.807, 2.05) is 0 Å². The Kier molecular flexibility index (Phi) is 1.13. The van der Waals surface area contributed by atoms with Crippen molar-refractivity contribution in [1.82, 2.24) is 9.78 Å². The van der Waals surface area contributed by atoms with E-state index in [-0.39, 0.29) is 0 Å². The van der Waals surface area contributed by atoms with E-state index >= 15 is 0 Å². The Morgan fingerprint density at radius 3 is 3.00 bits per heavy atom. The van der Waals surface area contributed by atoms with Crippen LogP contribution in [0.4, 0.5) is 0 Å². The molecule has 0 radical (unpaired) electrons. The van der Waals surface area contributed by atoms with Crippen LogP contribution in [0.1, 0.15) is 0 Å². The summed E-state index contributed by atoms with van der Waals surface area (Å²) in [5, 5.41) is 11.6. The lowest BCUT2D eigenvalue weighted by Gasteiger charge is -1.82. The third-order valence-corrected chi connectivity index (χ3v) is 0.685. The third-order valence-electron chi connectivity index (χ3n) is 0.685. The zero-order chi connectivity index (χ0) is 5.98. The first-order chi connectivity index (χ1) is 3.84. The Bertz CT molecular complexity index is 212. The topological polar surface area (TPSA) is 68.3 Å². The fourth-order valence-corrected chi connectivity index (χ4v) is 0.328. The number of nitrogens with zero attached hydrogens (tertiary/aromatic N) is 2. The van der Waals surface area contributed by atoms with Crippen LogP contribution in [0, 0.1) is 0 Å². The van der Waals surface area contributed by atoms with Crippen LogP contribution in [0.5, 0.6) is 0 Å². The van der Waals surface area contributed by atoms with E-state index < -0.39 is 12.5 Å². The quantitative estimate of drug-likeness (QED) is 0.499. The molecule has 0 atom stereocenters. The van der Waals surface area contributed by atoms with Crippen molar-refractivity contribution >= 4 is 0 Å². The van der Waals surface area contributed by atoms with Crippen LogP contribution < -0.4 is 5.76 Å². The highest BCUT2D eigenvalue weighted by molar-refractivity contribution is 4.46. The Balaban J connectivity index is 3.11. The minimum atomic E-state index is -0.646. The minimum Gasteiger partial charge on any atom is -0.395 e. The average molecular weight is 116 g/mol. The Hall–Kier alpha value is -1.10. The molecule has 1 aromatic heterocycles. The average Bonchev–Trinajstić information content (AvgIpc) is 2.14. The number of rotatable bonds is 1. The molecule has 0 saturated carbocycles. The molecule has 1 N–H and O–H groups in total. The number of hydrogen-bond donors (Lipinski definition) is 1. The fraction of sp³-hybridized carbons (Fsp3) is 0.333. The van der Waals surface area contributed by atoms with E-state index in [2.05, 4.69) is 9.52 Å². The highest BCUT2D eigenvalue weighted by Gasteiger charge is 1.92. The summed E-state index contributed by atoms with van der Waals surface area (Å²) in [6.45, 7) is -0.435. The van der Waals surface area contributed by atoms with Gasteiger partial charge in [0.25, 0.3) is 0 Å². The maximum absolute atomic E-state index is 10.2. The van der Waals surface area contributed by atoms with Crippen LogP contribution in [-0.2, 0) is 6.73 Å². The third kappa shape index (κ3) is 0.627. The summed E-state index contributed by atoms with van der Waals surface area (Å²) in [6.07, 6.45) is 0.971. The van der Waals surface area contributed by atoms with E-state index in [9.17, 15) is 4.79 Å². The fourth-order valence-electron chi connectivity index (χ4n) is 0.328. The highest BCUT2D eigenvalue weighted by Crippen LogP contribution is 1.68. The van der Waals surface area contributed by atoms with Crippen molar-refractivity contribution < 1.29 is 9.52 Å². The molecule has 0 bridgehead atoms. The Morgan fingerprint density at radius 1 is 2.00 bits per heavy atom. The normalized spacial score (nSPS) is 9.62. The second-order valence-electron chi connectivity index (χ2n) is 1.15. The maximum Gasteiger partial charge on any atom is 0.439 e. The van der Waals surface area contributed by atoms with E-state index in [0.29, 0.717) is 0 Å². The smallest absolute Gasteiger partial charge is 0.395 e. The van der Waals surface area contributed by atoms with Gasteiger partial charge in [0.2, 0.25) is 6.39 Å². The van der Waals surface area contributed by atoms with E-state index in [1.54, 1.807) is 0 Å². The second kappa shape index (κ2) is 1.79. The summed E-state index contributed by atoms with van der Waals surface area (Å²) in [7, 11) is 0. The number of aliphatic hydroxyl groups is 1. The molecular formula is C3H4N2O3. The molecule has 0 aliphatic heterocycles. The Labute approximate surface area is 44.2 Å². The van der Waals surface area contributed by atoms with Gasteiger partial charge in [0.15, 0.2) is 0 Å². The molecule has 5 nitrogen and oxygen atoms in total. The van der Waals surface area contributed by atoms with Gasteiger partial charge >= 0.3 is 5.76 Å². The summed E-state index contributed by atoms with van der Waals surface area (Å²) >= 11 is 0. The maximum atomic E-state index is 10.2. The van der Waals surface area contributed by atoms with Gasteiger partial charge in [-0.1, -0.05) is 0 Å². The first kappa shape index (κ1) is 5.04. The molecular weight excluding hydrogens is 112 g/mol. The van der Waals surface area contributed by atoms with E-state index in [4.69, 9.17) is 5.11 Å². The van der Waals surface area contributed by atoms with Gasteiger partial charge in [-0.05, 0) is 0 Å². The first-order valence-electron chi connectivity index (χ1n) is 1.96. The molecule has 0 spiro atoms. The van der Waals surface area contributed by atoms with Crippen molar-refractivity contribution in [2.75, 3.05) is 0 Å². The lowest BCUT2D eigenvalue weighted by atomic mass is 11.2. The van der Waals surface area contributed by atoms with Crippen molar-refractivity contribution in [3.8, 4) is 0 Å². The molecule has 8 heavy (non-hydrogen) atoms. The molecule has 44 valence electrons. The van der Waals surface area contributed by atoms with Gasteiger partial charge in [-0.15, -0.1) is 5.10 Å². The number of hydrogen-bond acceptors (Lipinski definition) is 4. The zero-order valence-corrected chi connectivity index (χ0v) is 3.94. The van der Waals surface area contributed by atoms with Crippen LogP contribution >= 0.6 is 0 Å². The summed E-state index contributed by atoms with van der Waals surface area (Å²) in [6, 6.07) is 0. The van der Waals surface area contributed by atoms with Crippen molar-refractivity contribution in [2.45, 2.75) is 6.73 Å². The molecule has 0 aliphatic carbocycles. The first-order valence-corrected chi connectivity index (χ1v) is 1.96. The number of aromatic nitrogens is 2. The van der Waals surface area contributed by atoms with Crippen molar-refractivity contribution in [3.05, 3.63) is 16.9 Å². The second-order valence-corrected chi connectivity index (χ2v) is 1.15. The molecule has 0 saturated heterocycles. The monoisotopic (exact) mass is 116 g/mol. The van der Waals surface area contributed by atoms with E-state index in [0.717, 1.165) is 11.1 Å². The van der Waals surface area contributed by atoms with Gasteiger partial charge in [0.05, 0.1) is 0 Å². The van der Waals surface area contributed by atoms with Crippen LogP contribution in [0.15, 0.2) is 15.6 Å². The highest BCUT2D eigenvalue weighted by atomic mass is 16.4. The molecule has 1 heterocycles. The summed E-state index contributed by atoms with van der Waals surface area (Å²) in [4.78, 5) is 10.2. The predicted octanol–water partition coefficient (Wildman–Crippen LogP) is -1.21. The van der Waals surface area contributed by atoms with Gasteiger partial charge in [-0.2, -0.15) is 4.68 Å². The van der Waals surface area contributed by atoms with Crippen molar-refractivity contribution in [1.29, 1.82) is 0 Å². The van der Waals surface area contributed by atoms with Gasteiger partial charge in [-0.3, -0.25) is 0 Å². The lowest BCUT2D eigenvalue weighted by Crippen LogP contribution is -2.15. The van der Waals surface area contributed by atoms with E-state index in [1.165, 1.54) is 0 Å². The van der Waals surface area contributed by atoms with Gasteiger partial charge in [0, 0.05) is 0 Å². The number of aliphatic hydroxyl groups excluding tert-OH is 1. The van der Waals surface area contributed by atoms with Crippen LogP contribution in [0.2, 0.25) is 0 Å². The SMILES string of the molecule is O=c1ocnn1CO. The Morgan fingerprint density at radius 2 is 2.75 bits per heavy atom. The van der Waals surface area contributed by atoms with Crippen molar-refractivity contribution in [2.24, 2.45) is 0 Å². The molecule has 1 aromatic rings. The summed E-state index contributed by atoms with van der Waals surface area (Å²) in [5.41, 5.74) is 0.